The fourth-order valence-electron chi connectivity index (χ4n) is 1.50. The Kier molecular flexibility index (Phi) is 5.88. The third-order valence-corrected chi connectivity index (χ3v) is 3.30. The lowest BCUT2D eigenvalue weighted by atomic mass is 10.2. The summed E-state index contributed by atoms with van der Waals surface area (Å²) in [7, 11) is 1.59. The number of benzene rings is 1. The molecular formula is C13H16F3NO2S. The highest BCUT2D eigenvalue weighted by molar-refractivity contribution is 8.00. The third kappa shape index (κ3) is 5.83. The Labute approximate surface area is 119 Å². The van der Waals surface area contributed by atoms with Gasteiger partial charge in [0, 0.05) is 24.1 Å². The smallest absolute Gasteiger partial charge is 0.393 e. The van der Waals surface area contributed by atoms with Crippen molar-refractivity contribution in [1.82, 2.24) is 4.90 Å². The first-order chi connectivity index (χ1) is 9.19. The average molecular weight is 307 g/mol. The summed E-state index contributed by atoms with van der Waals surface area (Å²) in [4.78, 5) is 13.4. The van der Waals surface area contributed by atoms with Crippen molar-refractivity contribution in [2.45, 2.75) is 29.9 Å². The van der Waals surface area contributed by atoms with Gasteiger partial charge in [-0.05, 0) is 49.4 Å². The number of thioether (sulfide) groups is 1. The topological polar surface area (TPSA) is 40.5 Å². The summed E-state index contributed by atoms with van der Waals surface area (Å²) in [6, 6.07) is 5.28. The van der Waals surface area contributed by atoms with Crippen molar-refractivity contribution in [3.8, 4) is 0 Å². The highest BCUT2D eigenvalue weighted by Crippen LogP contribution is 2.36. The van der Waals surface area contributed by atoms with Crippen LogP contribution in [0.25, 0.3) is 0 Å². The van der Waals surface area contributed by atoms with Gasteiger partial charge in [-0.25, -0.2) is 0 Å². The Morgan fingerprint density at radius 1 is 1.35 bits per heavy atom. The predicted octanol–water partition coefficient (Wildman–Crippen LogP) is 3.14. The third-order valence-electron chi connectivity index (χ3n) is 2.56. The van der Waals surface area contributed by atoms with E-state index in [4.69, 9.17) is 5.11 Å². The molecule has 0 saturated heterocycles. The van der Waals surface area contributed by atoms with Crippen LogP contribution in [0, 0.1) is 0 Å². The molecule has 0 saturated carbocycles. The van der Waals surface area contributed by atoms with Gasteiger partial charge in [0.2, 0.25) is 0 Å². The Hall–Kier alpha value is -1.21. The number of hydrogen-bond donors (Lipinski definition) is 1. The second-order valence-corrected chi connectivity index (χ2v) is 5.58. The van der Waals surface area contributed by atoms with E-state index in [0.717, 1.165) is 0 Å². The lowest BCUT2D eigenvalue weighted by Crippen LogP contribution is -2.29. The molecule has 1 unspecified atom stereocenters. The van der Waals surface area contributed by atoms with Crippen LogP contribution in [0.5, 0.6) is 0 Å². The summed E-state index contributed by atoms with van der Waals surface area (Å²) in [6.45, 7) is 2.01. The molecule has 7 heteroatoms. The largest absolute Gasteiger partial charge is 0.446 e. The highest BCUT2D eigenvalue weighted by Gasteiger charge is 2.29. The van der Waals surface area contributed by atoms with E-state index in [2.05, 4.69) is 0 Å². The Bertz CT molecular complexity index is 446. The molecule has 0 aliphatic carbocycles. The van der Waals surface area contributed by atoms with E-state index in [1.54, 1.807) is 14.0 Å². The summed E-state index contributed by atoms with van der Waals surface area (Å²) in [5.41, 5.74) is -4.01. The number of alkyl halides is 3. The summed E-state index contributed by atoms with van der Waals surface area (Å²) in [5, 5.41) is 9.15. The minimum absolute atomic E-state index is 0.0423. The van der Waals surface area contributed by atoms with Crippen molar-refractivity contribution < 1.29 is 23.1 Å². The molecule has 0 bridgehead atoms. The first-order valence-electron chi connectivity index (χ1n) is 5.98. The molecule has 0 radical (unpaired) electrons. The van der Waals surface area contributed by atoms with Gasteiger partial charge in [0.15, 0.2) is 0 Å². The predicted molar refractivity (Wildman–Crippen MR) is 71.6 cm³/mol. The SMILES string of the molecule is CC(O)CCN(C)C(=O)c1ccc(SC(F)(F)F)cc1. The standard InChI is InChI=1S/C13H16F3NO2S/c1-9(18)7-8-17(2)12(19)10-3-5-11(6-4-10)20-13(14,15)16/h3-6,9,18H,7-8H2,1-2H3. The van der Waals surface area contributed by atoms with E-state index in [-0.39, 0.29) is 22.6 Å². The number of aliphatic hydroxyl groups excluding tert-OH is 1. The van der Waals surface area contributed by atoms with Crippen LogP contribution in [0.3, 0.4) is 0 Å². The number of carbonyl (C=O) groups is 1. The van der Waals surface area contributed by atoms with Crippen molar-refractivity contribution in [3.63, 3.8) is 0 Å². The van der Waals surface area contributed by atoms with Crippen LogP contribution in [0.2, 0.25) is 0 Å². The first-order valence-corrected chi connectivity index (χ1v) is 6.80. The van der Waals surface area contributed by atoms with Gasteiger partial charge < -0.3 is 10.0 Å². The minimum atomic E-state index is -4.33. The number of nitrogens with zero attached hydrogens (tertiary/aromatic N) is 1. The molecule has 0 aromatic heterocycles. The highest BCUT2D eigenvalue weighted by atomic mass is 32.2. The molecular weight excluding hydrogens is 291 g/mol. The maximum atomic E-state index is 12.2. The van der Waals surface area contributed by atoms with Crippen LogP contribution in [0.4, 0.5) is 13.2 Å². The second-order valence-electron chi connectivity index (χ2n) is 4.44. The molecule has 20 heavy (non-hydrogen) atoms. The van der Waals surface area contributed by atoms with E-state index in [0.29, 0.717) is 18.5 Å². The van der Waals surface area contributed by atoms with Crippen LogP contribution in [0.15, 0.2) is 29.2 Å². The molecule has 1 rings (SSSR count). The van der Waals surface area contributed by atoms with Crippen molar-refractivity contribution in [2.24, 2.45) is 0 Å². The quantitative estimate of drug-likeness (QED) is 0.850. The Morgan fingerprint density at radius 2 is 1.90 bits per heavy atom. The first kappa shape index (κ1) is 16.8. The van der Waals surface area contributed by atoms with Crippen molar-refractivity contribution >= 4 is 17.7 Å². The normalized spacial score (nSPS) is 13.1. The number of rotatable bonds is 5. The van der Waals surface area contributed by atoms with Gasteiger partial charge in [0.1, 0.15) is 0 Å². The maximum Gasteiger partial charge on any atom is 0.446 e. The number of amides is 1. The average Bonchev–Trinajstić information content (AvgIpc) is 2.34. The monoisotopic (exact) mass is 307 g/mol. The van der Waals surface area contributed by atoms with Gasteiger partial charge in [-0.15, -0.1) is 0 Å². The molecule has 0 aliphatic heterocycles. The number of hydrogen-bond acceptors (Lipinski definition) is 3. The van der Waals surface area contributed by atoms with Crippen LogP contribution < -0.4 is 0 Å². The van der Waals surface area contributed by atoms with Crippen LogP contribution in [0.1, 0.15) is 23.7 Å². The molecule has 1 N–H and O–H groups in total. The fraction of sp³-hybridized carbons (Fsp3) is 0.462. The lowest BCUT2D eigenvalue weighted by molar-refractivity contribution is -0.0328. The molecule has 0 heterocycles. The number of aliphatic hydroxyl groups is 1. The van der Waals surface area contributed by atoms with E-state index >= 15 is 0 Å². The summed E-state index contributed by atoms with van der Waals surface area (Å²) in [5.74, 6) is -0.283. The van der Waals surface area contributed by atoms with Gasteiger partial charge in [-0.2, -0.15) is 13.2 Å². The molecule has 3 nitrogen and oxygen atoms in total. The molecule has 1 aromatic carbocycles. The number of carbonyl (C=O) groups excluding carboxylic acids is 1. The van der Waals surface area contributed by atoms with Gasteiger partial charge in [0.05, 0.1) is 6.10 Å². The number of halogens is 3. The van der Waals surface area contributed by atoms with Gasteiger partial charge in [-0.3, -0.25) is 4.79 Å². The summed E-state index contributed by atoms with van der Waals surface area (Å²) in [6.07, 6.45) is -0.0552. The zero-order valence-corrected chi connectivity index (χ0v) is 12.0. The molecule has 112 valence electrons. The van der Waals surface area contributed by atoms with E-state index < -0.39 is 11.6 Å². The molecule has 0 aliphatic rings. The molecule has 1 aromatic rings. The summed E-state index contributed by atoms with van der Waals surface area (Å²) < 4.78 is 36.5. The van der Waals surface area contributed by atoms with Crippen LogP contribution in [-0.2, 0) is 0 Å². The van der Waals surface area contributed by atoms with Crippen LogP contribution in [-0.4, -0.2) is 41.1 Å². The molecule has 1 atom stereocenters. The van der Waals surface area contributed by atoms with Crippen LogP contribution >= 0.6 is 11.8 Å². The van der Waals surface area contributed by atoms with E-state index in [1.165, 1.54) is 29.2 Å². The Morgan fingerprint density at radius 3 is 2.35 bits per heavy atom. The maximum absolute atomic E-state index is 12.2. The zero-order chi connectivity index (χ0) is 15.3. The van der Waals surface area contributed by atoms with Crippen molar-refractivity contribution in [3.05, 3.63) is 29.8 Å². The van der Waals surface area contributed by atoms with E-state index in [9.17, 15) is 18.0 Å². The lowest BCUT2D eigenvalue weighted by Gasteiger charge is -2.18. The van der Waals surface area contributed by atoms with Gasteiger partial charge in [0.25, 0.3) is 5.91 Å². The van der Waals surface area contributed by atoms with Crippen molar-refractivity contribution in [1.29, 1.82) is 0 Å². The van der Waals surface area contributed by atoms with Gasteiger partial charge in [-0.1, -0.05) is 0 Å². The molecule has 0 spiro atoms. The fourth-order valence-corrected chi connectivity index (χ4v) is 2.04. The van der Waals surface area contributed by atoms with Gasteiger partial charge >= 0.3 is 5.51 Å². The molecule has 0 fully saturated rings. The van der Waals surface area contributed by atoms with Crippen molar-refractivity contribution in [2.75, 3.05) is 13.6 Å². The molecule has 1 amide bonds. The second kappa shape index (κ2) is 6.99. The summed E-state index contributed by atoms with van der Waals surface area (Å²) >= 11 is -0.214. The zero-order valence-electron chi connectivity index (χ0n) is 11.1. The Balaban J connectivity index is 2.65. The van der Waals surface area contributed by atoms with E-state index in [1.807, 2.05) is 0 Å². The minimum Gasteiger partial charge on any atom is -0.393 e.